The van der Waals surface area contributed by atoms with E-state index in [2.05, 4.69) is 46.1 Å². The van der Waals surface area contributed by atoms with Crippen molar-refractivity contribution < 1.29 is 0 Å². The van der Waals surface area contributed by atoms with Gasteiger partial charge in [-0.3, -0.25) is 4.99 Å². The molecule has 0 aromatic heterocycles. The summed E-state index contributed by atoms with van der Waals surface area (Å²) in [7, 11) is 1.82. The normalized spacial score (nSPS) is 11.4. The Balaban J connectivity index is 2.06. The summed E-state index contributed by atoms with van der Waals surface area (Å²) in [5.41, 5.74) is 0. The van der Waals surface area contributed by atoms with Crippen LogP contribution in [0.15, 0.2) is 40.2 Å². The van der Waals surface area contributed by atoms with Crippen LogP contribution in [0, 0.1) is 0 Å². The Morgan fingerprint density at radius 3 is 2.50 bits per heavy atom. The minimum absolute atomic E-state index is 0.905. The van der Waals surface area contributed by atoms with Crippen LogP contribution in [0.3, 0.4) is 0 Å². The quantitative estimate of drug-likeness (QED) is 0.318. The second kappa shape index (κ2) is 12.0. The van der Waals surface area contributed by atoms with Crippen LogP contribution < -0.4 is 10.6 Å². The van der Waals surface area contributed by atoms with Gasteiger partial charge in [0.2, 0.25) is 0 Å². The molecule has 0 radical (unpaired) electrons. The molecule has 1 aromatic rings. The molecule has 0 bridgehead atoms. The van der Waals surface area contributed by atoms with Gasteiger partial charge in [-0.2, -0.15) is 11.8 Å². The lowest BCUT2D eigenvalue weighted by molar-refractivity contribution is 0.739. The fourth-order valence-corrected chi connectivity index (χ4v) is 2.94. The molecule has 0 aliphatic heterocycles. The maximum atomic E-state index is 4.23. The van der Waals surface area contributed by atoms with Crippen LogP contribution in [0.25, 0.3) is 0 Å². The Morgan fingerprint density at radius 2 is 1.80 bits per heavy atom. The summed E-state index contributed by atoms with van der Waals surface area (Å²) in [6.45, 7) is 1.91. The van der Waals surface area contributed by atoms with Crippen molar-refractivity contribution in [1.29, 1.82) is 0 Å². The maximum Gasteiger partial charge on any atom is 0.191 e. The van der Waals surface area contributed by atoms with Crippen LogP contribution in [0.1, 0.15) is 12.8 Å². The van der Waals surface area contributed by atoms with Crippen LogP contribution in [-0.4, -0.2) is 43.9 Å². The molecule has 112 valence electrons. The minimum atomic E-state index is 0.905. The number of aliphatic imine (C=N–C) groups is 1. The molecular weight excluding hydrogens is 286 g/mol. The summed E-state index contributed by atoms with van der Waals surface area (Å²) in [5, 5.41) is 6.69. The van der Waals surface area contributed by atoms with Gasteiger partial charge in [0.15, 0.2) is 5.96 Å². The number of unbranched alkanes of at least 4 members (excludes halogenated alkanes) is 1. The summed E-state index contributed by atoms with van der Waals surface area (Å²) >= 11 is 3.76. The number of thioether (sulfide) groups is 2. The molecule has 0 aliphatic rings. The van der Waals surface area contributed by atoms with Crippen LogP contribution in [0.5, 0.6) is 0 Å². The first-order valence-electron chi connectivity index (χ1n) is 6.98. The molecule has 0 saturated carbocycles. The van der Waals surface area contributed by atoms with E-state index < -0.39 is 0 Å². The first-order chi connectivity index (χ1) is 9.86. The van der Waals surface area contributed by atoms with E-state index in [1.807, 2.05) is 36.6 Å². The number of nitrogens with zero attached hydrogens (tertiary/aromatic N) is 1. The van der Waals surface area contributed by atoms with Gasteiger partial charge in [0.25, 0.3) is 0 Å². The van der Waals surface area contributed by atoms with Crippen molar-refractivity contribution >= 4 is 29.5 Å². The molecule has 0 spiro atoms. The largest absolute Gasteiger partial charge is 0.356 e. The number of guanidine groups is 1. The van der Waals surface area contributed by atoms with Gasteiger partial charge in [0.1, 0.15) is 0 Å². The third-order valence-corrected chi connectivity index (χ3v) is 4.41. The summed E-state index contributed by atoms with van der Waals surface area (Å²) in [6.07, 6.45) is 4.60. The predicted octanol–water partition coefficient (Wildman–Crippen LogP) is 3.09. The van der Waals surface area contributed by atoms with E-state index in [0.717, 1.165) is 24.8 Å². The van der Waals surface area contributed by atoms with Gasteiger partial charge < -0.3 is 10.6 Å². The van der Waals surface area contributed by atoms with Crippen molar-refractivity contribution in [3.05, 3.63) is 30.3 Å². The van der Waals surface area contributed by atoms with Crippen LogP contribution >= 0.6 is 23.5 Å². The molecule has 0 aliphatic carbocycles. The SMILES string of the molecule is CN=C(NCCCCSC)NCCSc1ccccc1. The van der Waals surface area contributed by atoms with Crippen molar-refractivity contribution in [3.63, 3.8) is 0 Å². The second-order valence-corrected chi connectivity index (χ2v) is 6.44. The lowest BCUT2D eigenvalue weighted by atomic mass is 10.3. The lowest BCUT2D eigenvalue weighted by Gasteiger charge is -2.11. The van der Waals surface area contributed by atoms with E-state index >= 15 is 0 Å². The number of hydrogen-bond donors (Lipinski definition) is 2. The Kier molecular flexibility index (Phi) is 10.3. The molecule has 2 N–H and O–H groups in total. The molecule has 0 saturated heterocycles. The fourth-order valence-electron chi connectivity index (χ4n) is 1.65. The second-order valence-electron chi connectivity index (χ2n) is 4.29. The summed E-state index contributed by atoms with van der Waals surface area (Å²) < 4.78 is 0. The van der Waals surface area contributed by atoms with Gasteiger partial charge in [-0.1, -0.05) is 18.2 Å². The van der Waals surface area contributed by atoms with Crippen LogP contribution in [0.2, 0.25) is 0 Å². The number of nitrogens with one attached hydrogen (secondary N) is 2. The van der Waals surface area contributed by atoms with Crippen molar-refractivity contribution in [2.45, 2.75) is 17.7 Å². The van der Waals surface area contributed by atoms with Crippen molar-refractivity contribution in [2.24, 2.45) is 4.99 Å². The first-order valence-corrected chi connectivity index (χ1v) is 9.36. The van der Waals surface area contributed by atoms with Crippen molar-refractivity contribution in [2.75, 3.05) is 37.9 Å². The van der Waals surface area contributed by atoms with E-state index in [4.69, 9.17) is 0 Å². The Morgan fingerprint density at radius 1 is 1.05 bits per heavy atom. The van der Waals surface area contributed by atoms with Gasteiger partial charge >= 0.3 is 0 Å². The smallest absolute Gasteiger partial charge is 0.191 e. The molecule has 0 atom stereocenters. The highest BCUT2D eigenvalue weighted by Gasteiger charge is 1.97. The molecule has 5 heteroatoms. The average Bonchev–Trinajstić information content (AvgIpc) is 2.50. The first kappa shape index (κ1) is 17.2. The molecule has 1 aromatic carbocycles. The molecular formula is C15H25N3S2. The number of hydrogen-bond acceptors (Lipinski definition) is 3. The summed E-state index contributed by atoms with van der Waals surface area (Å²) in [4.78, 5) is 5.54. The molecule has 0 heterocycles. The Labute approximate surface area is 131 Å². The van der Waals surface area contributed by atoms with Gasteiger partial charge in [0.05, 0.1) is 0 Å². The Hall–Kier alpha value is -0.810. The van der Waals surface area contributed by atoms with Gasteiger partial charge in [-0.25, -0.2) is 0 Å². The van der Waals surface area contributed by atoms with Crippen LogP contribution in [0.4, 0.5) is 0 Å². The summed E-state index contributed by atoms with van der Waals surface area (Å²) in [6, 6.07) is 10.5. The fraction of sp³-hybridized carbons (Fsp3) is 0.533. The van der Waals surface area contributed by atoms with Gasteiger partial charge in [0, 0.05) is 30.8 Å². The standard InChI is InChI=1S/C15H25N3S2/c1-16-15(17-10-6-7-12-19-2)18-11-13-20-14-8-4-3-5-9-14/h3-5,8-9H,6-7,10-13H2,1-2H3,(H2,16,17,18). The van der Waals surface area contributed by atoms with Crippen molar-refractivity contribution in [3.8, 4) is 0 Å². The number of rotatable bonds is 9. The Bertz CT molecular complexity index is 369. The molecule has 0 amide bonds. The highest BCUT2D eigenvalue weighted by Crippen LogP contribution is 2.15. The molecule has 3 nitrogen and oxygen atoms in total. The highest BCUT2D eigenvalue weighted by molar-refractivity contribution is 7.99. The highest BCUT2D eigenvalue weighted by atomic mass is 32.2. The predicted molar refractivity (Wildman–Crippen MR) is 94.1 cm³/mol. The van der Waals surface area contributed by atoms with Crippen molar-refractivity contribution in [1.82, 2.24) is 10.6 Å². The zero-order valence-electron chi connectivity index (χ0n) is 12.4. The molecule has 0 fully saturated rings. The molecule has 0 unspecified atom stereocenters. The summed E-state index contributed by atoms with van der Waals surface area (Å²) in [5.74, 6) is 3.18. The van der Waals surface area contributed by atoms with E-state index in [-0.39, 0.29) is 0 Å². The maximum absolute atomic E-state index is 4.23. The van der Waals surface area contributed by atoms with Gasteiger partial charge in [-0.15, -0.1) is 11.8 Å². The molecule has 1 rings (SSSR count). The van der Waals surface area contributed by atoms with Gasteiger partial charge in [-0.05, 0) is 37.0 Å². The van der Waals surface area contributed by atoms with E-state index in [9.17, 15) is 0 Å². The number of benzene rings is 1. The monoisotopic (exact) mass is 311 g/mol. The van der Waals surface area contributed by atoms with E-state index in [1.54, 1.807) is 0 Å². The lowest BCUT2D eigenvalue weighted by Crippen LogP contribution is -2.38. The third-order valence-electron chi connectivity index (χ3n) is 2.70. The molecule has 20 heavy (non-hydrogen) atoms. The average molecular weight is 312 g/mol. The zero-order chi connectivity index (χ0) is 14.5. The van der Waals surface area contributed by atoms with E-state index in [0.29, 0.717) is 0 Å². The van der Waals surface area contributed by atoms with Crippen LogP contribution in [-0.2, 0) is 0 Å². The minimum Gasteiger partial charge on any atom is -0.356 e. The third kappa shape index (κ3) is 8.38. The van der Waals surface area contributed by atoms with E-state index in [1.165, 1.54) is 23.5 Å². The zero-order valence-corrected chi connectivity index (χ0v) is 14.0. The topological polar surface area (TPSA) is 36.4 Å².